The third kappa shape index (κ3) is 3.84. The minimum atomic E-state index is -0.0570. The first-order valence-corrected chi connectivity index (χ1v) is 9.95. The third-order valence-corrected chi connectivity index (χ3v) is 5.68. The molecule has 134 valence electrons. The molecule has 0 atom stereocenters. The topological polar surface area (TPSA) is 23.6 Å². The normalized spacial score (nSPS) is 15.8. The minimum absolute atomic E-state index is 0.0570. The second-order valence-corrected chi connectivity index (χ2v) is 7.80. The summed E-state index contributed by atoms with van der Waals surface area (Å²) in [7, 11) is 0. The van der Waals surface area contributed by atoms with E-state index in [4.69, 9.17) is 12.2 Å². The highest BCUT2D eigenvalue weighted by atomic mass is 32.2. The molecule has 0 aliphatic carbocycles. The highest BCUT2D eigenvalue weighted by molar-refractivity contribution is 8.27. The molecule has 1 fully saturated rings. The summed E-state index contributed by atoms with van der Waals surface area (Å²) in [5.74, 6) is -0.0570. The molecule has 0 unspecified atom stereocenters. The zero-order valence-corrected chi connectivity index (χ0v) is 16.9. The fourth-order valence-electron chi connectivity index (χ4n) is 2.98. The summed E-state index contributed by atoms with van der Waals surface area (Å²) in [6.07, 6.45) is 1.92. The molecule has 0 radical (unpaired) electrons. The van der Waals surface area contributed by atoms with Crippen LogP contribution in [0.5, 0.6) is 0 Å². The van der Waals surface area contributed by atoms with Crippen molar-refractivity contribution in [2.75, 3.05) is 22.9 Å². The molecule has 1 aliphatic heterocycles. The van der Waals surface area contributed by atoms with Gasteiger partial charge in [0.1, 0.15) is 0 Å². The summed E-state index contributed by atoms with van der Waals surface area (Å²) < 4.78 is 0.576. The molecule has 1 saturated heterocycles. The maximum Gasteiger partial charge on any atom is 0.270 e. The average molecular weight is 383 g/mol. The van der Waals surface area contributed by atoms with E-state index in [1.807, 2.05) is 49.4 Å². The van der Waals surface area contributed by atoms with Gasteiger partial charge in [-0.3, -0.25) is 9.69 Å². The quantitative estimate of drug-likeness (QED) is 0.521. The number of thioether (sulfide) groups is 1. The standard InChI is InChI=1S/C21H22N2OS2/c1-4-22(5-2)17-11-9-16(10-12-17)14-19-20(24)23(21(25)26-19)18-8-6-7-15(3)13-18/h6-14H,4-5H2,1-3H3/b19-14-. The number of thiocarbonyl (C=S) groups is 1. The summed E-state index contributed by atoms with van der Waals surface area (Å²) in [5.41, 5.74) is 4.13. The molecule has 2 aromatic carbocycles. The Morgan fingerprint density at radius 1 is 1.12 bits per heavy atom. The van der Waals surface area contributed by atoms with E-state index >= 15 is 0 Å². The van der Waals surface area contributed by atoms with E-state index in [-0.39, 0.29) is 5.91 Å². The summed E-state index contributed by atoms with van der Waals surface area (Å²) in [6.45, 7) is 8.26. The van der Waals surface area contributed by atoms with Crippen molar-refractivity contribution in [3.63, 3.8) is 0 Å². The van der Waals surface area contributed by atoms with Crippen LogP contribution in [0.4, 0.5) is 11.4 Å². The van der Waals surface area contributed by atoms with E-state index < -0.39 is 0 Å². The Morgan fingerprint density at radius 3 is 2.42 bits per heavy atom. The van der Waals surface area contributed by atoms with Gasteiger partial charge in [-0.2, -0.15) is 0 Å². The first kappa shape index (κ1) is 18.7. The molecule has 0 spiro atoms. The Balaban J connectivity index is 1.84. The summed E-state index contributed by atoms with van der Waals surface area (Å²) >= 11 is 6.80. The second kappa shape index (κ2) is 8.06. The van der Waals surface area contributed by atoms with Crippen LogP contribution in [0.25, 0.3) is 6.08 Å². The van der Waals surface area contributed by atoms with Crippen LogP contribution in [0.3, 0.4) is 0 Å². The zero-order valence-electron chi connectivity index (χ0n) is 15.2. The highest BCUT2D eigenvalue weighted by Gasteiger charge is 2.33. The Labute approximate surface area is 164 Å². The molecule has 2 aromatic rings. The van der Waals surface area contributed by atoms with Gasteiger partial charge in [-0.05, 0) is 62.2 Å². The number of benzene rings is 2. The van der Waals surface area contributed by atoms with Crippen molar-refractivity contribution in [2.45, 2.75) is 20.8 Å². The fraction of sp³-hybridized carbons (Fsp3) is 0.238. The van der Waals surface area contributed by atoms with Crippen LogP contribution >= 0.6 is 24.0 Å². The Hall–Kier alpha value is -2.11. The van der Waals surface area contributed by atoms with Crippen LogP contribution in [-0.2, 0) is 4.79 Å². The molecular formula is C21H22N2OS2. The number of rotatable bonds is 5. The smallest absolute Gasteiger partial charge is 0.270 e. The van der Waals surface area contributed by atoms with Gasteiger partial charge in [0, 0.05) is 18.8 Å². The van der Waals surface area contributed by atoms with E-state index in [0.29, 0.717) is 9.23 Å². The molecule has 1 amide bonds. The summed E-state index contributed by atoms with van der Waals surface area (Å²) in [5, 5.41) is 0. The van der Waals surface area contributed by atoms with Gasteiger partial charge in [0.25, 0.3) is 5.91 Å². The van der Waals surface area contributed by atoms with Gasteiger partial charge < -0.3 is 4.90 Å². The molecule has 0 aromatic heterocycles. The number of nitrogens with zero attached hydrogens (tertiary/aromatic N) is 2. The van der Waals surface area contributed by atoms with Crippen LogP contribution < -0.4 is 9.80 Å². The maximum atomic E-state index is 12.8. The first-order valence-electron chi connectivity index (χ1n) is 8.73. The Morgan fingerprint density at radius 2 is 1.81 bits per heavy atom. The van der Waals surface area contributed by atoms with Gasteiger partial charge >= 0.3 is 0 Å². The predicted molar refractivity (Wildman–Crippen MR) is 117 cm³/mol. The number of hydrogen-bond acceptors (Lipinski definition) is 4. The van der Waals surface area contributed by atoms with Crippen LogP contribution in [0.15, 0.2) is 53.4 Å². The predicted octanol–water partition coefficient (Wildman–Crippen LogP) is 5.25. The molecule has 1 heterocycles. The number of hydrogen-bond donors (Lipinski definition) is 0. The lowest BCUT2D eigenvalue weighted by Gasteiger charge is -2.20. The summed E-state index contributed by atoms with van der Waals surface area (Å²) in [4.78, 5) is 17.4. The molecular weight excluding hydrogens is 360 g/mol. The van der Waals surface area contributed by atoms with Gasteiger partial charge in [-0.1, -0.05) is 48.2 Å². The lowest BCUT2D eigenvalue weighted by Crippen LogP contribution is -2.27. The zero-order chi connectivity index (χ0) is 18.7. The number of carbonyl (C=O) groups is 1. The average Bonchev–Trinajstić information content (AvgIpc) is 2.91. The molecule has 0 saturated carbocycles. The molecule has 1 aliphatic rings. The summed E-state index contributed by atoms with van der Waals surface area (Å²) in [6, 6.07) is 16.1. The Kier molecular flexibility index (Phi) is 5.79. The van der Waals surface area contributed by atoms with E-state index in [2.05, 4.69) is 30.9 Å². The van der Waals surface area contributed by atoms with Crippen molar-refractivity contribution in [3.05, 3.63) is 64.6 Å². The lowest BCUT2D eigenvalue weighted by atomic mass is 10.1. The van der Waals surface area contributed by atoms with Gasteiger partial charge in [0.05, 0.1) is 10.6 Å². The van der Waals surface area contributed by atoms with Crippen LogP contribution in [-0.4, -0.2) is 23.3 Å². The third-order valence-electron chi connectivity index (χ3n) is 4.37. The van der Waals surface area contributed by atoms with Gasteiger partial charge in [0.15, 0.2) is 4.32 Å². The number of amides is 1. The SMILES string of the molecule is CCN(CC)c1ccc(/C=C2\SC(=S)N(c3cccc(C)c3)C2=O)cc1. The number of aryl methyl sites for hydroxylation is 1. The monoisotopic (exact) mass is 382 g/mol. The fourth-order valence-corrected chi connectivity index (χ4v) is 4.28. The van der Waals surface area contributed by atoms with E-state index in [1.165, 1.54) is 17.4 Å². The molecule has 0 N–H and O–H groups in total. The van der Waals surface area contributed by atoms with Crippen LogP contribution in [0, 0.1) is 6.92 Å². The van der Waals surface area contributed by atoms with Gasteiger partial charge in [-0.15, -0.1) is 0 Å². The van der Waals surface area contributed by atoms with Crippen LogP contribution in [0.1, 0.15) is 25.0 Å². The van der Waals surface area contributed by atoms with Gasteiger partial charge in [-0.25, -0.2) is 0 Å². The second-order valence-electron chi connectivity index (χ2n) is 6.12. The molecule has 0 bridgehead atoms. The number of anilines is 2. The van der Waals surface area contributed by atoms with Crippen molar-refractivity contribution in [3.8, 4) is 0 Å². The van der Waals surface area contributed by atoms with E-state index in [1.54, 1.807) is 4.90 Å². The van der Waals surface area contributed by atoms with Crippen LogP contribution in [0.2, 0.25) is 0 Å². The van der Waals surface area contributed by atoms with E-state index in [0.717, 1.165) is 29.9 Å². The van der Waals surface area contributed by atoms with E-state index in [9.17, 15) is 4.79 Å². The molecule has 26 heavy (non-hydrogen) atoms. The molecule has 5 heteroatoms. The molecule has 3 rings (SSSR count). The Bertz CT molecular complexity index is 855. The largest absolute Gasteiger partial charge is 0.372 e. The van der Waals surface area contributed by atoms with Gasteiger partial charge in [0.2, 0.25) is 0 Å². The highest BCUT2D eigenvalue weighted by Crippen LogP contribution is 2.36. The van der Waals surface area contributed by atoms with Crippen molar-refractivity contribution < 1.29 is 4.79 Å². The lowest BCUT2D eigenvalue weighted by molar-refractivity contribution is -0.113. The molecule has 3 nitrogen and oxygen atoms in total. The minimum Gasteiger partial charge on any atom is -0.372 e. The van der Waals surface area contributed by atoms with Crippen molar-refractivity contribution in [1.82, 2.24) is 0 Å². The van der Waals surface area contributed by atoms with Crippen molar-refractivity contribution in [2.24, 2.45) is 0 Å². The first-order chi connectivity index (χ1) is 12.5. The van der Waals surface area contributed by atoms with Crippen molar-refractivity contribution in [1.29, 1.82) is 0 Å². The number of carbonyl (C=O) groups excluding carboxylic acids is 1. The van der Waals surface area contributed by atoms with Crippen molar-refractivity contribution >= 4 is 51.7 Å². The maximum absolute atomic E-state index is 12.8.